The van der Waals surface area contributed by atoms with E-state index in [1.165, 1.54) is 13.2 Å². The number of urea groups is 1. The topological polar surface area (TPSA) is 83.9 Å². The average molecular weight is 430 g/mol. The molecule has 3 aromatic rings. The van der Waals surface area contributed by atoms with E-state index < -0.39 is 17.8 Å². The van der Waals surface area contributed by atoms with Crippen molar-refractivity contribution in [3.8, 4) is 11.4 Å². The number of amides is 4. The first kappa shape index (κ1) is 20.9. The molecule has 1 aliphatic rings. The first-order valence-electron chi connectivity index (χ1n) is 9.89. The van der Waals surface area contributed by atoms with Crippen molar-refractivity contribution >= 4 is 35.3 Å². The van der Waals surface area contributed by atoms with Gasteiger partial charge in [0.1, 0.15) is 11.3 Å². The van der Waals surface area contributed by atoms with E-state index in [0.717, 1.165) is 16.3 Å². The van der Waals surface area contributed by atoms with E-state index in [4.69, 9.17) is 4.74 Å². The van der Waals surface area contributed by atoms with Gasteiger partial charge in [0.2, 0.25) is 0 Å². The van der Waals surface area contributed by atoms with Crippen LogP contribution in [-0.2, 0) is 9.59 Å². The summed E-state index contributed by atoms with van der Waals surface area (Å²) in [6, 6.07) is 17.1. The molecule has 0 spiro atoms. The summed E-state index contributed by atoms with van der Waals surface area (Å²) in [6.45, 7) is 0. The summed E-state index contributed by atoms with van der Waals surface area (Å²) in [4.78, 5) is 41.0. The molecule has 0 unspecified atom stereocenters. The lowest BCUT2D eigenvalue weighted by Gasteiger charge is -2.26. The second-order valence-corrected chi connectivity index (χ2v) is 7.37. The predicted molar refractivity (Wildman–Crippen MR) is 122 cm³/mol. The van der Waals surface area contributed by atoms with E-state index in [-0.39, 0.29) is 5.57 Å². The molecule has 2 aromatic carbocycles. The third-order valence-electron chi connectivity index (χ3n) is 5.15. The molecule has 1 aliphatic heterocycles. The van der Waals surface area contributed by atoms with Gasteiger partial charge in [-0.2, -0.15) is 0 Å². The highest BCUT2D eigenvalue weighted by atomic mass is 16.5. The number of aromatic nitrogens is 1. The molecule has 1 saturated heterocycles. The highest BCUT2D eigenvalue weighted by molar-refractivity contribution is 6.39. The molecule has 0 radical (unpaired) electrons. The Hall–Kier alpha value is -4.33. The quantitative estimate of drug-likeness (QED) is 0.496. The average Bonchev–Trinajstić information content (AvgIpc) is 3.25. The Kier molecular flexibility index (Phi) is 5.51. The molecule has 1 N–H and O–H groups in total. The van der Waals surface area contributed by atoms with E-state index in [9.17, 15) is 14.4 Å². The zero-order valence-corrected chi connectivity index (χ0v) is 17.9. The number of nitrogens with zero attached hydrogens (tertiary/aromatic N) is 3. The lowest BCUT2D eigenvalue weighted by Crippen LogP contribution is -2.54. The van der Waals surface area contributed by atoms with E-state index >= 15 is 0 Å². The summed E-state index contributed by atoms with van der Waals surface area (Å²) in [6.07, 6.45) is 3.33. The number of carbonyl (C=O) groups is 3. The van der Waals surface area contributed by atoms with Crippen LogP contribution in [0.25, 0.3) is 11.8 Å². The van der Waals surface area contributed by atoms with Crippen molar-refractivity contribution in [2.75, 3.05) is 31.0 Å². The Morgan fingerprint density at radius 2 is 1.56 bits per heavy atom. The van der Waals surface area contributed by atoms with Gasteiger partial charge < -0.3 is 14.2 Å². The fourth-order valence-electron chi connectivity index (χ4n) is 3.43. The summed E-state index contributed by atoms with van der Waals surface area (Å²) in [5.74, 6) is -0.844. The Morgan fingerprint density at radius 1 is 0.906 bits per heavy atom. The molecule has 4 amide bonds. The van der Waals surface area contributed by atoms with Crippen molar-refractivity contribution in [3.05, 3.63) is 78.1 Å². The molecule has 4 rings (SSSR count). The number of benzene rings is 2. The Balaban J connectivity index is 1.69. The predicted octanol–water partition coefficient (Wildman–Crippen LogP) is 3.22. The molecule has 8 nitrogen and oxygen atoms in total. The van der Waals surface area contributed by atoms with Gasteiger partial charge in [-0.05, 0) is 66.7 Å². The number of hydrogen-bond acceptors (Lipinski definition) is 5. The highest BCUT2D eigenvalue weighted by Crippen LogP contribution is 2.25. The van der Waals surface area contributed by atoms with Crippen molar-refractivity contribution < 1.29 is 19.1 Å². The number of nitrogens with one attached hydrogen (secondary N) is 1. The third kappa shape index (κ3) is 3.85. The summed E-state index contributed by atoms with van der Waals surface area (Å²) in [5, 5.41) is 2.24. The van der Waals surface area contributed by atoms with Crippen molar-refractivity contribution in [2.24, 2.45) is 0 Å². The first-order valence-corrected chi connectivity index (χ1v) is 9.89. The zero-order chi connectivity index (χ0) is 22.8. The van der Waals surface area contributed by atoms with Crippen molar-refractivity contribution in [2.45, 2.75) is 0 Å². The summed E-state index contributed by atoms with van der Waals surface area (Å²) >= 11 is 0. The maximum absolute atomic E-state index is 13.1. The minimum Gasteiger partial charge on any atom is -0.497 e. The Bertz CT molecular complexity index is 1210. The summed E-state index contributed by atoms with van der Waals surface area (Å²) in [5.41, 5.74) is 2.76. The number of barbiturate groups is 1. The largest absolute Gasteiger partial charge is 0.497 e. The number of hydrogen-bond donors (Lipinski definition) is 1. The monoisotopic (exact) mass is 430 g/mol. The lowest BCUT2D eigenvalue weighted by atomic mass is 10.1. The standard InChI is InChI=1S/C24H22N4O4/c1-26(2)16-6-8-17(9-7-16)27-14-4-5-19(27)15-21-22(29)25-24(31)28(23(21)30)18-10-12-20(32-3)13-11-18/h4-15H,1-3H3,(H,25,29,31)/b21-15-. The Labute approximate surface area is 185 Å². The van der Waals surface area contributed by atoms with Crippen LogP contribution in [0.3, 0.4) is 0 Å². The number of rotatable bonds is 5. The van der Waals surface area contributed by atoms with Gasteiger partial charge in [0, 0.05) is 37.4 Å². The molecule has 162 valence electrons. The van der Waals surface area contributed by atoms with E-state index in [2.05, 4.69) is 5.32 Å². The van der Waals surface area contributed by atoms with Gasteiger partial charge in [0.15, 0.2) is 0 Å². The molecule has 0 atom stereocenters. The molecule has 2 heterocycles. The van der Waals surface area contributed by atoms with Crippen LogP contribution < -0.4 is 19.9 Å². The van der Waals surface area contributed by atoms with E-state index in [1.807, 2.05) is 60.1 Å². The summed E-state index contributed by atoms with van der Waals surface area (Å²) in [7, 11) is 5.45. The second kappa shape index (κ2) is 8.43. The fraction of sp³-hybridized carbons (Fsp3) is 0.125. The second-order valence-electron chi connectivity index (χ2n) is 7.37. The lowest BCUT2D eigenvalue weighted by molar-refractivity contribution is -0.122. The molecule has 0 aliphatic carbocycles. The SMILES string of the molecule is COc1ccc(N2C(=O)NC(=O)/C(=C/c3cccn3-c3ccc(N(C)C)cc3)C2=O)cc1. The molecular weight excluding hydrogens is 408 g/mol. The molecule has 1 fully saturated rings. The van der Waals surface area contributed by atoms with Crippen LogP contribution in [0.15, 0.2) is 72.4 Å². The van der Waals surface area contributed by atoms with Gasteiger partial charge in [-0.3, -0.25) is 14.9 Å². The van der Waals surface area contributed by atoms with Crippen molar-refractivity contribution in [1.29, 1.82) is 0 Å². The molecule has 1 aromatic heterocycles. The smallest absolute Gasteiger partial charge is 0.335 e. The third-order valence-corrected chi connectivity index (χ3v) is 5.15. The van der Waals surface area contributed by atoms with Gasteiger partial charge >= 0.3 is 6.03 Å². The zero-order valence-electron chi connectivity index (χ0n) is 17.9. The van der Waals surface area contributed by atoms with E-state index in [0.29, 0.717) is 17.1 Å². The molecule has 8 heteroatoms. The summed E-state index contributed by atoms with van der Waals surface area (Å²) < 4.78 is 6.98. The van der Waals surface area contributed by atoms with E-state index in [1.54, 1.807) is 30.3 Å². The molecule has 32 heavy (non-hydrogen) atoms. The van der Waals surface area contributed by atoms with Crippen LogP contribution in [0.4, 0.5) is 16.2 Å². The number of imide groups is 2. The highest BCUT2D eigenvalue weighted by Gasteiger charge is 2.37. The molecule has 0 bridgehead atoms. The fourth-order valence-corrected chi connectivity index (χ4v) is 3.43. The van der Waals surface area contributed by atoms with Gasteiger partial charge in [-0.25, -0.2) is 9.69 Å². The van der Waals surface area contributed by atoms with Crippen LogP contribution in [0, 0.1) is 0 Å². The van der Waals surface area contributed by atoms with Crippen LogP contribution in [0.5, 0.6) is 5.75 Å². The normalized spacial score (nSPS) is 15.2. The van der Waals surface area contributed by atoms with Crippen molar-refractivity contribution in [3.63, 3.8) is 0 Å². The first-order chi connectivity index (χ1) is 15.4. The van der Waals surface area contributed by atoms with Crippen molar-refractivity contribution in [1.82, 2.24) is 9.88 Å². The van der Waals surface area contributed by atoms with Crippen LogP contribution in [-0.4, -0.2) is 43.6 Å². The number of ether oxygens (including phenoxy) is 1. The minimum absolute atomic E-state index is 0.134. The maximum Gasteiger partial charge on any atom is 0.335 e. The van der Waals surface area contributed by atoms with Crippen LogP contribution in [0.2, 0.25) is 0 Å². The number of anilines is 2. The Morgan fingerprint density at radius 3 is 2.19 bits per heavy atom. The molecular formula is C24H22N4O4. The molecule has 0 saturated carbocycles. The van der Waals surface area contributed by atoms with Gasteiger partial charge in [0.05, 0.1) is 12.8 Å². The van der Waals surface area contributed by atoms with Gasteiger partial charge in [-0.15, -0.1) is 0 Å². The van der Waals surface area contributed by atoms with Gasteiger partial charge in [-0.1, -0.05) is 0 Å². The minimum atomic E-state index is -0.794. The number of methoxy groups -OCH3 is 1. The van der Waals surface area contributed by atoms with Crippen LogP contribution >= 0.6 is 0 Å². The number of carbonyl (C=O) groups excluding carboxylic acids is 3. The van der Waals surface area contributed by atoms with Gasteiger partial charge in [0.25, 0.3) is 11.8 Å². The van der Waals surface area contributed by atoms with Crippen LogP contribution in [0.1, 0.15) is 5.69 Å². The maximum atomic E-state index is 13.1.